The number of rotatable bonds is 2. The molecule has 152 valence electrons. The largest absolute Gasteiger partial charge is 0.792 e. The van der Waals surface area contributed by atoms with Gasteiger partial charge in [0.1, 0.15) is 0 Å². The monoisotopic (exact) mass is 584 g/mol. The Hall–Kier alpha value is -0.715. The third-order valence-electron chi connectivity index (χ3n) is 2.79. The summed E-state index contributed by atoms with van der Waals surface area (Å²) in [4.78, 5) is 0. The molecule has 0 bridgehead atoms. The first kappa shape index (κ1) is 32.9. The molecule has 2 rings (SSSR count). The number of nitrogens with zero attached hydrogens (tertiary/aromatic N) is 2. The third-order valence-corrected chi connectivity index (χ3v) is 2.79. The molecule has 2 aliphatic carbocycles. The van der Waals surface area contributed by atoms with E-state index in [4.69, 9.17) is 10.2 Å². The summed E-state index contributed by atoms with van der Waals surface area (Å²) in [5.41, 5.74) is 7.51. The predicted octanol–water partition coefficient (Wildman–Crippen LogP) is 2.75. The van der Waals surface area contributed by atoms with E-state index in [1.165, 1.54) is 12.2 Å². The molecule has 0 fully saturated rings. The van der Waals surface area contributed by atoms with E-state index in [0.717, 1.165) is 0 Å². The van der Waals surface area contributed by atoms with Crippen molar-refractivity contribution < 1.29 is 51.1 Å². The number of aliphatic hydroxyl groups is 2. The van der Waals surface area contributed by atoms with E-state index in [-0.39, 0.29) is 65.7 Å². The molecular formula is C16H18Cl2N2O4Pd2-2. The van der Waals surface area contributed by atoms with Gasteiger partial charge >= 0.3 is 0 Å². The minimum Gasteiger partial charge on any atom is -0.792 e. The number of hydrogen-bond donors (Lipinski definition) is 2. The van der Waals surface area contributed by atoms with Crippen LogP contribution in [-0.4, -0.2) is 33.8 Å². The Morgan fingerprint density at radius 2 is 1.15 bits per heavy atom. The second kappa shape index (κ2) is 17.7. The van der Waals surface area contributed by atoms with Crippen molar-refractivity contribution >= 4 is 36.2 Å². The summed E-state index contributed by atoms with van der Waals surface area (Å²) < 4.78 is 0. The zero-order valence-corrected chi connectivity index (χ0v) is 18.4. The second-order valence-corrected chi connectivity index (χ2v) is 4.50. The molecule has 0 radical (unpaired) electrons. The Labute approximate surface area is 192 Å². The summed E-state index contributed by atoms with van der Waals surface area (Å²) in [5.74, 6) is 0. The quantitative estimate of drug-likeness (QED) is 0.225. The van der Waals surface area contributed by atoms with Crippen LogP contribution >= 0.6 is 24.8 Å². The van der Waals surface area contributed by atoms with Crippen LogP contribution in [0.5, 0.6) is 0 Å². The average Bonchev–Trinajstić information content (AvgIpc) is 2.55. The predicted molar refractivity (Wildman–Crippen MR) is 101 cm³/mol. The van der Waals surface area contributed by atoms with Crippen LogP contribution in [0.1, 0.15) is 13.8 Å². The van der Waals surface area contributed by atoms with Crippen molar-refractivity contribution in [2.45, 2.75) is 26.1 Å². The number of halogens is 2. The van der Waals surface area contributed by atoms with E-state index in [1.807, 2.05) is 0 Å². The van der Waals surface area contributed by atoms with E-state index >= 15 is 0 Å². The van der Waals surface area contributed by atoms with E-state index in [0.29, 0.717) is 22.6 Å². The maximum Gasteiger partial charge on any atom is 0.0979 e. The maximum absolute atomic E-state index is 10.0. The van der Waals surface area contributed by atoms with Gasteiger partial charge in [-0.25, -0.2) is 0 Å². The molecule has 0 saturated carbocycles. The van der Waals surface area contributed by atoms with Gasteiger partial charge in [-0.1, -0.05) is 12.2 Å². The fourth-order valence-electron chi connectivity index (χ4n) is 1.50. The third kappa shape index (κ3) is 11.8. The van der Waals surface area contributed by atoms with Crippen molar-refractivity contribution in [2.75, 3.05) is 0 Å². The molecule has 0 aliphatic heterocycles. The summed E-state index contributed by atoms with van der Waals surface area (Å²) >= 11 is 0. The first-order valence-corrected chi connectivity index (χ1v) is 6.48. The Morgan fingerprint density at radius 1 is 0.846 bits per heavy atom. The summed E-state index contributed by atoms with van der Waals surface area (Å²) in [6.07, 6.45) is 8.18. The Kier molecular flexibility index (Phi) is 22.4. The standard InChI is InChI=1S/2C8H9NO2.2ClH.2Pd/c2*1-6(9-11)7-2-4-8(10)5-3-7;;;;/h2*2,4-5,8,10-11H,1H3;2*1H;;/p-2/b2*9-6+;;;;. The molecular weight excluding hydrogens is 568 g/mol. The van der Waals surface area contributed by atoms with Gasteiger partial charge < -0.3 is 30.9 Å². The van der Waals surface area contributed by atoms with Crippen molar-refractivity contribution in [3.63, 3.8) is 0 Å². The summed E-state index contributed by atoms with van der Waals surface area (Å²) in [6, 6.07) is 0. The minimum atomic E-state index is -0.585. The molecule has 2 unspecified atom stereocenters. The van der Waals surface area contributed by atoms with Crippen molar-refractivity contribution in [3.05, 3.63) is 69.5 Å². The smallest absolute Gasteiger partial charge is 0.0979 e. The SMILES string of the molecule is C/C(=N\[O-])C1=C=CC(O)C=C1.C/C(=N\[O-])C1=C=CC(O)C=C1.Cl.Cl.[Pd].[Pd]. The van der Waals surface area contributed by atoms with Crippen molar-refractivity contribution in [2.24, 2.45) is 10.3 Å². The summed E-state index contributed by atoms with van der Waals surface area (Å²) in [5, 5.41) is 43.4. The first-order chi connectivity index (χ1) is 10.5. The summed E-state index contributed by atoms with van der Waals surface area (Å²) in [7, 11) is 0. The Balaban J connectivity index is -0.000000161. The minimum absolute atomic E-state index is 0. The fourth-order valence-corrected chi connectivity index (χ4v) is 1.50. The molecule has 0 spiro atoms. The van der Waals surface area contributed by atoms with Gasteiger partial charge in [0.2, 0.25) is 0 Å². The zero-order chi connectivity index (χ0) is 16.5. The number of hydrogen-bond acceptors (Lipinski definition) is 6. The van der Waals surface area contributed by atoms with Gasteiger partial charge in [-0.05, 0) is 38.2 Å². The molecule has 0 aromatic carbocycles. The molecule has 0 amide bonds. The van der Waals surface area contributed by atoms with E-state index in [9.17, 15) is 10.4 Å². The van der Waals surface area contributed by atoms with Crippen LogP contribution in [0.3, 0.4) is 0 Å². The van der Waals surface area contributed by atoms with Crippen molar-refractivity contribution in [3.8, 4) is 0 Å². The maximum atomic E-state index is 10.0. The molecule has 0 aromatic heterocycles. The fraction of sp³-hybridized carbons (Fsp3) is 0.250. The van der Waals surface area contributed by atoms with Crippen LogP contribution in [0.2, 0.25) is 0 Å². The van der Waals surface area contributed by atoms with Crippen LogP contribution in [-0.2, 0) is 40.8 Å². The van der Waals surface area contributed by atoms with Crippen LogP contribution in [0.25, 0.3) is 0 Å². The van der Waals surface area contributed by atoms with Gasteiger partial charge in [0, 0.05) is 63.4 Å². The number of allylic oxidation sites excluding steroid dienone is 2. The van der Waals surface area contributed by atoms with Gasteiger partial charge in [-0.2, -0.15) is 0 Å². The van der Waals surface area contributed by atoms with E-state index in [2.05, 4.69) is 21.8 Å². The van der Waals surface area contributed by atoms with Gasteiger partial charge in [0.25, 0.3) is 0 Å². The van der Waals surface area contributed by atoms with Crippen LogP contribution in [0.15, 0.2) is 69.4 Å². The second-order valence-electron chi connectivity index (χ2n) is 4.50. The molecule has 6 nitrogen and oxygen atoms in total. The van der Waals surface area contributed by atoms with Crippen LogP contribution < -0.4 is 0 Å². The first-order valence-electron chi connectivity index (χ1n) is 6.48. The van der Waals surface area contributed by atoms with Crippen LogP contribution in [0, 0.1) is 10.4 Å². The number of aliphatic hydroxyl groups excluding tert-OH is 2. The van der Waals surface area contributed by atoms with Gasteiger partial charge in [-0.15, -0.1) is 36.3 Å². The normalized spacial score (nSPS) is 20.0. The van der Waals surface area contributed by atoms with E-state index in [1.54, 1.807) is 38.2 Å². The molecule has 0 heterocycles. The molecule has 2 aliphatic rings. The van der Waals surface area contributed by atoms with Crippen molar-refractivity contribution in [1.29, 1.82) is 0 Å². The zero-order valence-electron chi connectivity index (χ0n) is 13.7. The summed E-state index contributed by atoms with van der Waals surface area (Å²) in [6.45, 7) is 3.20. The average molecular weight is 586 g/mol. The van der Waals surface area contributed by atoms with Gasteiger partial charge in [0.15, 0.2) is 0 Å². The molecule has 0 saturated heterocycles. The molecule has 0 aromatic rings. The van der Waals surface area contributed by atoms with Crippen LogP contribution in [0.4, 0.5) is 0 Å². The molecule has 10 heteroatoms. The van der Waals surface area contributed by atoms with E-state index < -0.39 is 12.2 Å². The molecule has 26 heavy (non-hydrogen) atoms. The Bertz CT molecular complexity index is 618. The topological polar surface area (TPSA) is 111 Å². The Morgan fingerprint density at radius 3 is 1.35 bits per heavy atom. The van der Waals surface area contributed by atoms with Gasteiger partial charge in [-0.3, -0.25) is 0 Å². The molecule has 2 N–H and O–H groups in total. The van der Waals surface area contributed by atoms with Gasteiger partial charge in [0.05, 0.1) is 12.2 Å². The van der Waals surface area contributed by atoms with Crippen molar-refractivity contribution in [1.82, 2.24) is 0 Å². The molecule has 2 atom stereocenters.